The van der Waals surface area contributed by atoms with Gasteiger partial charge in [0.05, 0.1) is 12.8 Å². The Labute approximate surface area is 161 Å². The predicted molar refractivity (Wildman–Crippen MR) is 108 cm³/mol. The van der Waals surface area contributed by atoms with E-state index in [0.717, 1.165) is 17.0 Å². The van der Waals surface area contributed by atoms with Crippen molar-refractivity contribution in [1.82, 2.24) is 9.99 Å². The smallest absolute Gasteiger partial charge is 0.280 e. The number of nitrogens with zero attached hydrogens (tertiary/aromatic N) is 2. The molecule has 1 aromatic carbocycles. The van der Waals surface area contributed by atoms with Crippen molar-refractivity contribution in [3.8, 4) is 11.5 Å². The molecule has 1 heterocycles. The molecule has 27 heavy (non-hydrogen) atoms. The van der Waals surface area contributed by atoms with Gasteiger partial charge in [0, 0.05) is 23.0 Å². The zero-order valence-corrected chi connectivity index (χ0v) is 16.9. The lowest BCUT2D eigenvalue weighted by atomic mass is 10.2. The molecule has 0 saturated heterocycles. The van der Waals surface area contributed by atoms with Crippen molar-refractivity contribution in [2.75, 3.05) is 6.61 Å². The molecular formula is C21H29N3O3. The summed E-state index contributed by atoms with van der Waals surface area (Å²) in [7, 11) is 0. The molecule has 2 rings (SSSR count). The molecule has 0 spiro atoms. The minimum absolute atomic E-state index is 0.308. The first kappa shape index (κ1) is 20.6. The molecule has 6 nitrogen and oxygen atoms in total. The first-order chi connectivity index (χ1) is 12.8. The van der Waals surface area contributed by atoms with Crippen LogP contribution in [0.1, 0.15) is 50.7 Å². The van der Waals surface area contributed by atoms with Gasteiger partial charge in [-0.3, -0.25) is 4.79 Å². The van der Waals surface area contributed by atoms with Gasteiger partial charge in [0.15, 0.2) is 6.10 Å². The van der Waals surface area contributed by atoms with Crippen LogP contribution in [0, 0.1) is 13.8 Å². The molecule has 0 saturated carbocycles. The number of aromatic nitrogens is 1. The summed E-state index contributed by atoms with van der Waals surface area (Å²) in [4.78, 5) is 12.2. The highest BCUT2D eigenvalue weighted by Crippen LogP contribution is 2.19. The summed E-state index contributed by atoms with van der Waals surface area (Å²) < 4.78 is 13.3. The highest BCUT2D eigenvalue weighted by atomic mass is 16.5. The monoisotopic (exact) mass is 371 g/mol. The number of carbonyl (C=O) groups excluding carboxylic acids is 1. The fourth-order valence-corrected chi connectivity index (χ4v) is 3.02. The average molecular weight is 371 g/mol. The number of hydrogen-bond donors (Lipinski definition) is 1. The molecule has 0 bridgehead atoms. The van der Waals surface area contributed by atoms with E-state index in [1.54, 1.807) is 25.3 Å². The van der Waals surface area contributed by atoms with Crippen LogP contribution in [0.15, 0.2) is 35.4 Å². The molecule has 146 valence electrons. The predicted octanol–water partition coefficient (Wildman–Crippen LogP) is 4.00. The Bertz CT molecular complexity index is 792. The third kappa shape index (κ3) is 5.36. The quantitative estimate of drug-likeness (QED) is 0.563. The van der Waals surface area contributed by atoms with E-state index in [9.17, 15) is 4.79 Å². The van der Waals surface area contributed by atoms with Gasteiger partial charge in [-0.15, -0.1) is 0 Å². The number of nitrogens with one attached hydrogen (secondary N) is 1. The SMILES string of the molecule is CCOc1ccc(O[C@H](C)C(=O)N/N=C\c2cc(C)n(C(C)C)c2C)cc1. The van der Waals surface area contributed by atoms with Crippen LogP contribution < -0.4 is 14.9 Å². The molecule has 0 aliphatic heterocycles. The van der Waals surface area contributed by atoms with Gasteiger partial charge >= 0.3 is 0 Å². The van der Waals surface area contributed by atoms with E-state index in [2.05, 4.69) is 41.9 Å². The molecule has 1 aromatic heterocycles. The van der Waals surface area contributed by atoms with Crippen molar-refractivity contribution in [2.24, 2.45) is 5.10 Å². The van der Waals surface area contributed by atoms with Gasteiger partial charge in [0.2, 0.25) is 0 Å². The van der Waals surface area contributed by atoms with Gasteiger partial charge in [0.25, 0.3) is 5.91 Å². The summed E-state index contributed by atoms with van der Waals surface area (Å²) in [6.07, 6.45) is 1.01. The number of amides is 1. The van der Waals surface area contributed by atoms with Gasteiger partial charge < -0.3 is 14.0 Å². The van der Waals surface area contributed by atoms with Gasteiger partial charge in [-0.1, -0.05) is 0 Å². The number of ether oxygens (including phenoxy) is 2. The minimum Gasteiger partial charge on any atom is -0.494 e. The zero-order chi connectivity index (χ0) is 20.0. The number of rotatable bonds is 8. The van der Waals surface area contributed by atoms with E-state index < -0.39 is 6.10 Å². The topological polar surface area (TPSA) is 64.8 Å². The van der Waals surface area contributed by atoms with Crippen LogP contribution >= 0.6 is 0 Å². The Hall–Kier alpha value is -2.76. The van der Waals surface area contributed by atoms with Crippen LogP contribution in [0.2, 0.25) is 0 Å². The largest absolute Gasteiger partial charge is 0.494 e. The summed E-state index contributed by atoms with van der Waals surface area (Å²) in [6.45, 7) is 12.6. The van der Waals surface area contributed by atoms with Gasteiger partial charge in [-0.05, 0) is 71.9 Å². The third-order valence-electron chi connectivity index (χ3n) is 4.24. The maximum atomic E-state index is 12.2. The van der Waals surface area contributed by atoms with E-state index in [4.69, 9.17) is 9.47 Å². The number of hydrogen-bond acceptors (Lipinski definition) is 4. The molecule has 0 radical (unpaired) electrons. The lowest BCUT2D eigenvalue weighted by molar-refractivity contribution is -0.127. The van der Waals surface area contributed by atoms with Crippen LogP contribution in [0.25, 0.3) is 0 Å². The second-order valence-corrected chi connectivity index (χ2v) is 6.69. The molecule has 0 fully saturated rings. The summed E-state index contributed by atoms with van der Waals surface area (Å²) >= 11 is 0. The number of hydrazone groups is 1. The van der Waals surface area contributed by atoms with Gasteiger partial charge in [0.1, 0.15) is 11.5 Å². The maximum absolute atomic E-state index is 12.2. The Morgan fingerprint density at radius 1 is 1.19 bits per heavy atom. The molecule has 2 aromatic rings. The standard InChI is InChI=1S/C21H29N3O3/c1-7-26-19-8-10-20(11-9-19)27-17(6)21(25)23-22-13-18-12-15(4)24(14(2)3)16(18)5/h8-14,17H,7H2,1-6H3,(H,23,25)/b22-13-/t17-/m1/s1. The second-order valence-electron chi connectivity index (χ2n) is 6.69. The Morgan fingerprint density at radius 2 is 1.81 bits per heavy atom. The number of benzene rings is 1. The lowest BCUT2D eigenvalue weighted by Crippen LogP contribution is -2.33. The average Bonchev–Trinajstić information content (AvgIpc) is 2.90. The minimum atomic E-state index is -0.664. The number of carbonyl (C=O) groups is 1. The van der Waals surface area contributed by atoms with Gasteiger partial charge in [-0.2, -0.15) is 5.10 Å². The summed E-state index contributed by atoms with van der Waals surface area (Å²) in [5.41, 5.74) is 5.82. The Morgan fingerprint density at radius 3 is 2.37 bits per heavy atom. The van der Waals surface area contributed by atoms with Crippen LogP contribution in [-0.2, 0) is 4.79 Å². The lowest BCUT2D eigenvalue weighted by Gasteiger charge is -2.13. The first-order valence-electron chi connectivity index (χ1n) is 9.24. The zero-order valence-electron chi connectivity index (χ0n) is 16.9. The van der Waals surface area contributed by atoms with Crippen LogP contribution in [-0.4, -0.2) is 29.4 Å². The second kappa shape index (κ2) is 9.26. The molecule has 0 aliphatic rings. The van der Waals surface area contributed by atoms with E-state index in [1.807, 2.05) is 26.0 Å². The van der Waals surface area contributed by atoms with Gasteiger partial charge in [-0.25, -0.2) is 5.43 Å². The molecule has 1 atom stereocenters. The Balaban J connectivity index is 1.93. The van der Waals surface area contributed by atoms with E-state index >= 15 is 0 Å². The van der Waals surface area contributed by atoms with Crippen molar-refractivity contribution < 1.29 is 14.3 Å². The first-order valence-corrected chi connectivity index (χ1v) is 9.24. The highest BCUT2D eigenvalue weighted by Gasteiger charge is 2.14. The number of aryl methyl sites for hydroxylation is 1. The third-order valence-corrected chi connectivity index (χ3v) is 4.24. The summed E-state index contributed by atoms with van der Waals surface area (Å²) in [5.74, 6) is 1.06. The molecule has 0 aliphatic carbocycles. The van der Waals surface area contributed by atoms with E-state index in [0.29, 0.717) is 18.4 Å². The molecule has 6 heteroatoms. The summed E-state index contributed by atoms with van der Waals surface area (Å²) in [6, 6.07) is 9.62. The van der Waals surface area contributed by atoms with Crippen LogP contribution in [0.4, 0.5) is 0 Å². The van der Waals surface area contributed by atoms with Crippen molar-refractivity contribution >= 4 is 12.1 Å². The molecular weight excluding hydrogens is 342 g/mol. The van der Waals surface area contributed by atoms with Crippen molar-refractivity contribution in [3.63, 3.8) is 0 Å². The van der Waals surface area contributed by atoms with Crippen molar-refractivity contribution in [2.45, 2.75) is 53.7 Å². The van der Waals surface area contributed by atoms with E-state index in [-0.39, 0.29) is 5.91 Å². The normalized spacial score (nSPS) is 12.4. The van der Waals surface area contributed by atoms with Crippen LogP contribution in [0.3, 0.4) is 0 Å². The molecule has 1 N–H and O–H groups in total. The van der Waals surface area contributed by atoms with Crippen molar-refractivity contribution in [3.05, 3.63) is 47.3 Å². The van der Waals surface area contributed by atoms with E-state index in [1.165, 1.54) is 5.69 Å². The fraction of sp³-hybridized carbons (Fsp3) is 0.429. The maximum Gasteiger partial charge on any atom is 0.280 e. The summed E-state index contributed by atoms with van der Waals surface area (Å²) in [5, 5.41) is 4.08. The fourth-order valence-electron chi connectivity index (χ4n) is 3.02. The molecule has 1 amide bonds. The van der Waals surface area contributed by atoms with Crippen LogP contribution in [0.5, 0.6) is 11.5 Å². The highest BCUT2D eigenvalue weighted by molar-refractivity contribution is 5.85. The Kier molecular flexibility index (Phi) is 7.05. The molecule has 0 unspecified atom stereocenters. The van der Waals surface area contributed by atoms with Crippen molar-refractivity contribution in [1.29, 1.82) is 0 Å².